The Kier molecular flexibility index (Phi) is 3.01. The molecule has 0 spiro atoms. The Morgan fingerprint density at radius 1 is 1.78 bits per heavy atom. The van der Waals surface area contributed by atoms with Crippen LogP contribution >= 0.6 is 0 Å². The number of nitrogens with two attached hydrogens (primary N) is 1. The van der Waals surface area contributed by atoms with E-state index >= 15 is 0 Å². The number of carbonyl (C=O) groups excluding carboxylic acids is 2. The van der Waals surface area contributed by atoms with Crippen LogP contribution in [0.5, 0.6) is 0 Å². The highest BCUT2D eigenvalue weighted by molar-refractivity contribution is 5.91. The van der Waals surface area contributed by atoms with Gasteiger partial charge >= 0.3 is 0 Å². The maximum atomic E-state index is 10.2. The number of hydrogen-bond donors (Lipinski definition) is 1. The van der Waals surface area contributed by atoms with Crippen LogP contribution in [0.4, 0.5) is 0 Å². The monoisotopic (exact) mass is 126 g/mol. The molecule has 2 N–H and O–H groups in total. The van der Waals surface area contributed by atoms with E-state index in [-0.39, 0.29) is 5.57 Å². The first-order chi connectivity index (χ1) is 4.18. The largest absolute Gasteiger partial charge is 0.366 e. The van der Waals surface area contributed by atoms with E-state index in [2.05, 4.69) is 4.99 Å². The maximum Gasteiger partial charge on any atom is 0.245 e. The van der Waals surface area contributed by atoms with Crippen LogP contribution in [0, 0.1) is 0 Å². The highest BCUT2D eigenvalue weighted by atomic mass is 16.1. The van der Waals surface area contributed by atoms with Gasteiger partial charge in [0.2, 0.25) is 12.0 Å². The summed E-state index contributed by atoms with van der Waals surface area (Å²) >= 11 is 0. The lowest BCUT2D eigenvalue weighted by Gasteiger charge is -1.85. The Bertz CT molecular complexity index is 189. The molecule has 4 heteroatoms. The van der Waals surface area contributed by atoms with E-state index in [0.29, 0.717) is 0 Å². The van der Waals surface area contributed by atoms with Crippen LogP contribution in [0.25, 0.3) is 0 Å². The number of primary amides is 1. The average Bonchev–Trinajstić information content (AvgIpc) is 1.82. The van der Waals surface area contributed by atoms with Crippen molar-refractivity contribution in [3.63, 3.8) is 0 Å². The van der Waals surface area contributed by atoms with E-state index in [1.54, 1.807) is 0 Å². The Labute approximate surface area is 52.1 Å². The molecule has 0 saturated heterocycles. The first kappa shape index (κ1) is 7.59. The molecule has 0 atom stereocenters. The Hall–Kier alpha value is -1.41. The summed E-state index contributed by atoms with van der Waals surface area (Å²) in [5, 5.41) is 0. The van der Waals surface area contributed by atoms with Crippen LogP contribution in [0.1, 0.15) is 6.92 Å². The molecule has 0 aliphatic rings. The fourth-order valence-corrected chi connectivity index (χ4v) is 0.187. The molecule has 0 aliphatic carbocycles. The molecule has 4 nitrogen and oxygen atoms in total. The second kappa shape index (κ2) is 3.57. The molecular formula is C5H6N2O2. The van der Waals surface area contributed by atoms with Gasteiger partial charge in [-0.05, 0) is 6.92 Å². The molecule has 0 saturated carbocycles. The number of nitrogens with zero attached hydrogens (tertiary/aromatic N) is 1. The zero-order chi connectivity index (χ0) is 7.28. The SMILES string of the molecule is C/C(=C\N=C=O)C(N)=O. The van der Waals surface area contributed by atoms with Crippen LogP contribution in [0.15, 0.2) is 16.8 Å². The van der Waals surface area contributed by atoms with Crippen molar-refractivity contribution in [3.8, 4) is 0 Å². The van der Waals surface area contributed by atoms with E-state index < -0.39 is 5.91 Å². The average molecular weight is 126 g/mol. The van der Waals surface area contributed by atoms with Crippen LogP contribution < -0.4 is 5.73 Å². The van der Waals surface area contributed by atoms with Gasteiger partial charge in [-0.2, -0.15) is 4.99 Å². The molecule has 1 amide bonds. The molecule has 0 aromatic carbocycles. The van der Waals surface area contributed by atoms with Crippen molar-refractivity contribution in [2.24, 2.45) is 10.7 Å². The predicted molar refractivity (Wildman–Crippen MR) is 31.1 cm³/mol. The van der Waals surface area contributed by atoms with E-state index in [1.165, 1.54) is 13.0 Å². The van der Waals surface area contributed by atoms with Gasteiger partial charge in [0, 0.05) is 11.8 Å². The summed E-state index contributed by atoms with van der Waals surface area (Å²) in [6.45, 7) is 1.46. The summed E-state index contributed by atoms with van der Waals surface area (Å²) in [5.41, 5.74) is 5.01. The fraction of sp³-hybridized carbons (Fsp3) is 0.200. The number of hydrogen-bond acceptors (Lipinski definition) is 3. The molecule has 0 aliphatic heterocycles. The predicted octanol–water partition coefficient (Wildman–Crippen LogP) is -0.289. The van der Waals surface area contributed by atoms with Crippen molar-refractivity contribution < 1.29 is 9.59 Å². The molecule has 0 aromatic rings. The zero-order valence-electron chi connectivity index (χ0n) is 4.92. The van der Waals surface area contributed by atoms with Crippen LogP contribution in [0.3, 0.4) is 0 Å². The molecule has 0 fully saturated rings. The van der Waals surface area contributed by atoms with Crippen LogP contribution in [-0.4, -0.2) is 12.0 Å². The number of carbonyl (C=O) groups is 1. The smallest absolute Gasteiger partial charge is 0.245 e. The molecule has 0 rings (SSSR count). The summed E-state index contributed by atoms with van der Waals surface area (Å²) in [6, 6.07) is 0. The maximum absolute atomic E-state index is 10.2. The zero-order valence-corrected chi connectivity index (χ0v) is 4.92. The summed E-state index contributed by atoms with van der Waals surface area (Å²) in [5.74, 6) is -0.589. The Morgan fingerprint density at radius 3 is 2.67 bits per heavy atom. The lowest BCUT2D eigenvalue weighted by atomic mass is 10.3. The summed E-state index contributed by atoms with van der Waals surface area (Å²) in [4.78, 5) is 22.6. The third-order valence-corrected chi connectivity index (χ3v) is 0.700. The van der Waals surface area contributed by atoms with Crippen molar-refractivity contribution in [2.45, 2.75) is 6.92 Å². The highest BCUT2D eigenvalue weighted by Crippen LogP contribution is 1.87. The second-order valence-electron chi connectivity index (χ2n) is 1.40. The van der Waals surface area contributed by atoms with E-state index in [0.717, 1.165) is 6.20 Å². The molecule has 0 heterocycles. The Morgan fingerprint density at radius 2 is 2.33 bits per heavy atom. The van der Waals surface area contributed by atoms with Crippen LogP contribution in [0.2, 0.25) is 0 Å². The number of aliphatic imine (C=N–C) groups is 1. The number of rotatable bonds is 2. The summed E-state index contributed by atoms with van der Waals surface area (Å²) in [7, 11) is 0. The van der Waals surface area contributed by atoms with Gasteiger partial charge < -0.3 is 5.73 Å². The third-order valence-electron chi connectivity index (χ3n) is 0.700. The molecule has 9 heavy (non-hydrogen) atoms. The van der Waals surface area contributed by atoms with Gasteiger partial charge in [-0.15, -0.1) is 0 Å². The van der Waals surface area contributed by atoms with Gasteiger partial charge in [0.1, 0.15) is 0 Å². The summed E-state index contributed by atoms with van der Waals surface area (Å²) < 4.78 is 0. The highest BCUT2D eigenvalue weighted by Gasteiger charge is 1.92. The van der Waals surface area contributed by atoms with Gasteiger partial charge in [0.15, 0.2) is 0 Å². The van der Waals surface area contributed by atoms with Gasteiger partial charge in [-0.1, -0.05) is 0 Å². The first-order valence-electron chi connectivity index (χ1n) is 2.22. The molecule has 0 bridgehead atoms. The Balaban J connectivity index is 4.16. The van der Waals surface area contributed by atoms with Gasteiger partial charge in [-0.3, -0.25) is 4.79 Å². The van der Waals surface area contributed by atoms with E-state index in [1.807, 2.05) is 0 Å². The van der Waals surface area contributed by atoms with Crippen LogP contribution in [-0.2, 0) is 9.59 Å². The van der Waals surface area contributed by atoms with Crippen molar-refractivity contribution in [3.05, 3.63) is 11.8 Å². The standard InChI is InChI=1S/C5H6N2O2/c1-4(5(6)9)2-7-3-8/h2H,1H3,(H2,6,9)/b4-2+. The first-order valence-corrected chi connectivity index (χ1v) is 2.22. The van der Waals surface area contributed by atoms with Crippen molar-refractivity contribution in [1.82, 2.24) is 0 Å². The quantitative estimate of drug-likeness (QED) is 0.313. The summed E-state index contributed by atoms with van der Waals surface area (Å²) in [6.07, 6.45) is 2.31. The number of amides is 1. The van der Waals surface area contributed by atoms with Gasteiger partial charge in [-0.25, -0.2) is 4.79 Å². The third kappa shape index (κ3) is 3.20. The lowest BCUT2D eigenvalue weighted by Crippen LogP contribution is -2.11. The molecule has 48 valence electrons. The molecule has 0 unspecified atom stereocenters. The van der Waals surface area contributed by atoms with Crippen molar-refractivity contribution >= 4 is 12.0 Å². The van der Waals surface area contributed by atoms with Crippen molar-refractivity contribution in [2.75, 3.05) is 0 Å². The lowest BCUT2D eigenvalue weighted by molar-refractivity contribution is -0.114. The minimum Gasteiger partial charge on any atom is -0.366 e. The molecular weight excluding hydrogens is 120 g/mol. The normalized spacial score (nSPS) is 10.1. The fourth-order valence-electron chi connectivity index (χ4n) is 0.187. The second-order valence-corrected chi connectivity index (χ2v) is 1.40. The topological polar surface area (TPSA) is 72.5 Å². The van der Waals surface area contributed by atoms with E-state index in [4.69, 9.17) is 5.73 Å². The van der Waals surface area contributed by atoms with E-state index in [9.17, 15) is 9.59 Å². The number of isocyanates is 1. The molecule has 0 aromatic heterocycles. The van der Waals surface area contributed by atoms with Crippen molar-refractivity contribution in [1.29, 1.82) is 0 Å². The molecule has 0 radical (unpaired) electrons. The minimum atomic E-state index is -0.589. The van der Waals surface area contributed by atoms with Gasteiger partial charge in [0.05, 0.1) is 0 Å². The minimum absolute atomic E-state index is 0.235. The van der Waals surface area contributed by atoms with Gasteiger partial charge in [0.25, 0.3) is 0 Å².